The molecule has 0 N–H and O–H groups in total. The summed E-state index contributed by atoms with van der Waals surface area (Å²) in [5.41, 5.74) is 32.9. The molecule has 4 heteroatoms. The van der Waals surface area contributed by atoms with Gasteiger partial charge in [0.1, 0.15) is 0 Å². The molecule has 1 fully saturated rings. The first-order valence-corrected chi connectivity index (χ1v) is 33.6. The van der Waals surface area contributed by atoms with Gasteiger partial charge in [-0.2, -0.15) is 0 Å². The Morgan fingerprint density at radius 3 is 1.45 bits per heavy atom. The minimum absolute atomic E-state index is 0.00257. The summed E-state index contributed by atoms with van der Waals surface area (Å²) in [7, 11) is 0. The fourth-order valence-corrected chi connectivity index (χ4v) is 18.8. The summed E-state index contributed by atoms with van der Waals surface area (Å²) in [6, 6.07) is 70.3. The van der Waals surface area contributed by atoms with E-state index in [0.29, 0.717) is 0 Å². The van der Waals surface area contributed by atoms with Crippen molar-refractivity contribution in [1.82, 2.24) is 0 Å². The topological polar surface area (TPSA) is 9.72 Å². The van der Waals surface area contributed by atoms with Crippen LogP contribution in [0, 0.1) is 6.92 Å². The van der Waals surface area contributed by atoms with Crippen molar-refractivity contribution in [3.05, 3.63) is 220 Å². The number of benzene rings is 9. The number of fused-ring (bicyclic) bond motifs is 9. The standard InChI is InChI=1S/C85H92BN3/c1-53-42-63-65(82(12,13)51-80(63,8)9)49-73(53)88-72-38-33-58(54-26-20-18-21-27-54)44-68(72)86-69-48-64-66(83(14,15)52-81(64,10)11)50-74(69)87(70-39-36-60(79(5,6)7)45-62(70)56-28-22-19-23-29-56)75-46-61(47-76(88)77(75)86)89-71-37-32-57(55-30-34-59(35-31-55)78(2,3)4)43-67(71)84(16)40-24-25-41-85(84,89)17/h18-23,26-39,42-50H,24-25,40-41,51-52H2,1-17H3. The van der Waals surface area contributed by atoms with Crippen molar-refractivity contribution in [3.8, 4) is 33.4 Å². The van der Waals surface area contributed by atoms with E-state index in [9.17, 15) is 0 Å². The van der Waals surface area contributed by atoms with E-state index < -0.39 is 0 Å². The van der Waals surface area contributed by atoms with Crippen molar-refractivity contribution in [1.29, 1.82) is 0 Å². The van der Waals surface area contributed by atoms with Gasteiger partial charge < -0.3 is 14.7 Å². The van der Waals surface area contributed by atoms with E-state index in [1.54, 1.807) is 0 Å². The maximum Gasteiger partial charge on any atom is 0.252 e. The van der Waals surface area contributed by atoms with E-state index in [1.807, 2.05) is 0 Å². The van der Waals surface area contributed by atoms with Gasteiger partial charge in [0.15, 0.2) is 0 Å². The largest absolute Gasteiger partial charge is 0.334 e. The van der Waals surface area contributed by atoms with Gasteiger partial charge in [-0.25, -0.2) is 0 Å². The Kier molecular flexibility index (Phi) is 12.5. The van der Waals surface area contributed by atoms with E-state index in [1.165, 1.54) is 153 Å². The highest BCUT2D eigenvalue weighted by Gasteiger charge is 2.59. The van der Waals surface area contributed by atoms with Crippen LogP contribution in [0.2, 0.25) is 0 Å². The molecular formula is C85H92BN3. The monoisotopic (exact) mass is 1170 g/mol. The normalized spacial score (nSPS) is 21.2. The van der Waals surface area contributed by atoms with Gasteiger partial charge in [-0.3, -0.25) is 0 Å². The molecule has 0 radical (unpaired) electrons. The molecule has 3 aliphatic carbocycles. The van der Waals surface area contributed by atoms with Crippen molar-refractivity contribution in [3.63, 3.8) is 0 Å². The van der Waals surface area contributed by atoms with Gasteiger partial charge >= 0.3 is 0 Å². The molecule has 1 saturated carbocycles. The predicted molar refractivity (Wildman–Crippen MR) is 383 cm³/mol. The first-order valence-electron chi connectivity index (χ1n) is 33.6. The molecule has 89 heavy (non-hydrogen) atoms. The van der Waals surface area contributed by atoms with Crippen molar-refractivity contribution in [2.45, 2.75) is 200 Å². The molecule has 2 unspecified atom stereocenters. The van der Waals surface area contributed by atoms with Gasteiger partial charge in [0, 0.05) is 50.8 Å². The molecule has 6 aliphatic rings. The van der Waals surface area contributed by atoms with Crippen LogP contribution in [-0.2, 0) is 37.9 Å². The molecule has 3 aliphatic heterocycles. The summed E-state index contributed by atoms with van der Waals surface area (Å²) in [6.45, 7) is 41.5. The Balaban J connectivity index is 1.09. The fourth-order valence-electron chi connectivity index (χ4n) is 18.8. The molecule has 15 rings (SSSR count). The van der Waals surface area contributed by atoms with Crippen LogP contribution in [-0.4, -0.2) is 12.3 Å². The lowest BCUT2D eigenvalue weighted by atomic mass is 9.33. The second-order valence-electron chi connectivity index (χ2n) is 33.2. The molecule has 9 aromatic rings. The smallest absolute Gasteiger partial charge is 0.252 e. The minimum atomic E-state index is -0.221. The lowest BCUT2D eigenvalue weighted by Crippen LogP contribution is -2.62. The second-order valence-corrected chi connectivity index (χ2v) is 33.2. The van der Waals surface area contributed by atoms with E-state index in [-0.39, 0.29) is 50.2 Å². The lowest BCUT2D eigenvalue weighted by molar-refractivity contribution is 0.195. The van der Waals surface area contributed by atoms with Crippen molar-refractivity contribution in [2.24, 2.45) is 0 Å². The molecule has 450 valence electrons. The Hall–Kier alpha value is -7.56. The van der Waals surface area contributed by atoms with Gasteiger partial charge in [0.2, 0.25) is 0 Å². The third-order valence-electron chi connectivity index (χ3n) is 23.2. The van der Waals surface area contributed by atoms with Crippen LogP contribution >= 0.6 is 0 Å². The average molecular weight is 1170 g/mol. The first kappa shape index (κ1) is 57.9. The molecule has 3 heterocycles. The number of rotatable bonds is 6. The van der Waals surface area contributed by atoms with Crippen LogP contribution < -0.4 is 31.1 Å². The molecule has 3 nitrogen and oxygen atoms in total. The summed E-state index contributed by atoms with van der Waals surface area (Å²) < 4.78 is 0. The Morgan fingerprint density at radius 1 is 0.371 bits per heavy atom. The van der Waals surface area contributed by atoms with E-state index >= 15 is 0 Å². The Labute approximate surface area is 533 Å². The Morgan fingerprint density at radius 2 is 0.843 bits per heavy atom. The van der Waals surface area contributed by atoms with Crippen LogP contribution in [0.1, 0.15) is 194 Å². The fraction of sp³-hybridized carbons (Fsp3) is 0.365. The molecule has 0 aromatic heterocycles. The van der Waals surface area contributed by atoms with Crippen LogP contribution in [0.5, 0.6) is 0 Å². The van der Waals surface area contributed by atoms with Gasteiger partial charge in [0.05, 0.1) is 11.2 Å². The molecule has 0 saturated heterocycles. The number of hydrogen-bond donors (Lipinski definition) is 0. The number of hydrogen-bond acceptors (Lipinski definition) is 3. The lowest BCUT2D eigenvalue weighted by Gasteiger charge is -2.51. The van der Waals surface area contributed by atoms with E-state index in [4.69, 9.17) is 0 Å². The quantitative estimate of drug-likeness (QED) is 0.154. The van der Waals surface area contributed by atoms with Crippen LogP contribution in [0.25, 0.3) is 33.4 Å². The molecule has 0 spiro atoms. The highest BCUT2D eigenvalue weighted by molar-refractivity contribution is 7.00. The number of anilines is 8. The zero-order valence-corrected chi connectivity index (χ0v) is 56.4. The van der Waals surface area contributed by atoms with E-state index in [0.717, 1.165) is 25.7 Å². The van der Waals surface area contributed by atoms with Crippen LogP contribution in [0.15, 0.2) is 176 Å². The third-order valence-corrected chi connectivity index (χ3v) is 23.2. The minimum Gasteiger partial charge on any atom is -0.334 e. The SMILES string of the molecule is Cc1cc2c(cc1N1c3ccc(-c4ccccc4)cc3B3c4cc5c(cc4N(c4ccc(C(C)(C)C)cc4-c4ccccc4)c4cc(N6c7ccc(-c8ccc(C(C)(C)C)cc8)cc7C7(C)CCCCC67C)cc1c43)C(C)(C)CC5(C)C)C(C)(C)CC2(C)C. The second kappa shape index (κ2) is 19.2. The number of aryl methyl sites for hydroxylation is 1. The maximum atomic E-state index is 2.87. The molecule has 9 aromatic carbocycles. The van der Waals surface area contributed by atoms with Gasteiger partial charge in [-0.15, -0.1) is 0 Å². The summed E-state index contributed by atoms with van der Waals surface area (Å²) in [5, 5.41) is 0. The number of nitrogens with zero attached hydrogens (tertiary/aromatic N) is 3. The summed E-state index contributed by atoms with van der Waals surface area (Å²) in [5.74, 6) is 0. The maximum absolute atomic E-state index is 2.87. The van der Waals surface area contributed by atoms with Crippen molar-refractivity contribution >= 4 is 68.6 Å². The highest BCUT2D eigenvalue weighted by Crippen LogP contribution is 2.63. The summed E-state index contributed by atoms with van der Waals surface area (Å²) in [4.78, 5) is 8.41. The van der Waals surface area contributed by atoms with Crippen molar-refractivity contribution in [2.75, 3.05) is 14.7 Å². The van der Waals surface area contributed by atoms with Gasteiger partial charge in [-0.1, -0.05) is 238 Å². The molecular weight excluding hydrogens is 1070 g/mol. The zero-order valence-electron chi connectivity index (χ0n) is 56.4. The zero-order chi connectivity index (χ0) is 62.5. The van der Waals surface area contributed by atoms with Gasteiger partial charge in [0.25, 0.3) is 6.71 Å². The Bertz CT molecular complexity index is 4390. The van der Waals surface area contributed by atoms with Crippen LogP contribution in [0.3, 0.4) is 0 Å². The predicted octanol–water partition coefficient (Wildman–Crippen LogP) is 21.3. The molecule has 0 bridgehead atoms. The first-order chi connectivity index (χ1) is 42.0. The average Bonchev–Trinajstić information content (AvgIpc) is 1.68. The molecule has 0 amide bonds. The van der Waals surface area contributed by atoms with E-state index in [2.05, 4.69) is 308 Å². The summed E-state index contributed by atoms with van der Waals surface area (Å²) in [6.07, 6.45) is 6.85. The van der Waals surface area contributed by atoms with Gasteiger partial charge in [-0.05, 0) is 215 Å². The van der Waals surface area contributed by atoms with Crippen molar-refractivity contribution < 1.29 is 0 Å². The molecule has 2 atom stereocenters. The third kappa shape index (κ3) is 8.63. The van der Waals surface area contributed by atoms with Crippen LogP contribution in [0.4, 0.5) is 45.5 Å². The highest BCUT2D eigenvalue weighted by atomic mass is 15.3. The summed E-state index contributed by atoms with van der Waals surface area (Å²) >= 11 is 0.